The second-order valence-corrected chi connectivity index (χ2v) is 7.93. The van der Waals surface area contributed by atoms with Crippen molar-refractivity contribution in [2.75, 3.05) is 0 Å². The highest BCUT2D eigenvalue weighted by molar-refractivity contribution is 7.12. The number of nitriles is 1. The molecule has 0 aromatic carbocycles. The first-order valence-electron chi connectivity index (χ1n) is 7.83. The average Bonchev–Trinajstić information content (AvgIpc) is 3.02. The quantitative estimate of drug-likeness (QED) is 0.832. The van der Waals surface area contributed by atoms with Gasteiger partial charge in [0.1, 0.15) is 0 Å². The van der Waals surface area contributed by atoms with Gasteiger partial charge in [0.2, 0.25) is 5.13 Å². The molecular formula is C17H22N4S. The van der Waals surface area contributed by atoms with Crippen LogP contribution in [0, 0.1) is 18.3 Å². The highest BCUT2D eigenvalue weighted by Crippen LogP contribution is 2.41. The predicted molar refractivity (Wildman–Crippen MR) is 88.6 cm³/mol. The number of fused-ring (bicyclic) bond motifs is 1. The van der Waals surface area contributed by atoms with Crippen molar-refractivity contribution in [1.82, 2.24) is 14.8 Å². The van der Waals surface area contributed by atoms with Gasteiger partial charge in [-0.1, -0.05) is 20.8 Å². The smallest absolute Gasteiger partial charge is 0.210 e. The number of thiazole rings is 1. The van der Waals surface area contributed by atoms with Crippen LogP contribution in [0.4, 0.5) is 0 Å². The highest BCUT2D eigenvalue weighted by atomic mass is 32.1. The first-order valence-corrected chi connectivity index (χ1v) is 8.71. The van der Waals surface area contributed by atoms with Crippen LogP contribution in [0.5, 0.6) is 0 Å². The standard InChI is InChI=1S/C17H22N4S/c1-11-10-22-16(19-11)21-13-7-5-6-12(8-9-18)14(13)15(20-21)17(2,3)4/h10,12H,5-8H2,1-4H3. The van der Waals surface area contributed by atoms with E-state index in [1.165, 1.54) is 11.3 Å². The molecule has 1 atom stereocenters. The molecule has 0 saturated heterocycles. The predicted octanol–water partition coefficient (Wildman–Crippen LogP) is 4.27. The molecule has 0 saturated carbocycles. The van der Waals surface area contributed by atoms with Crippen LogP contribution in [-0.4, -0.2) is 14.8 Å². The first kappa shape index (κ1) is 15.2. The number of hydrogen-bond donors (Lipinski definition) is 0. The summed E-state index contributed by atoms with van der Waals surface area (Å²) in [7, 11) is 0. The molecular weight excluding hydrogens is 292 g/mol. The molecule has 1 aliphatic carbocycles. The van der Waals surface area contributed by atoms with E-state index in [0.29, 0.717) is 12.3 Å². The van der Waals surface area contributed by atoms with Crippen molar-refractivity contribution in [3.63, 3.8) is 0 Å². The fourth-order valence-electron chi connectivity index (χ4n) is 3.26. The Hall–Kier alpha value is -1.67. The van der Waals surface area contributed by atoms with Crippen molar-refractivity contribution in [1.29, 1.82) is 5.26 Å². The van der Waals surface area contributed by atoms with Crippen molar-refractivity contribution in [3.8, 4) is 11.2 Å². The van der Waals surface area contributed by atoms with E-state index in [9.17, 15) is 5.26 Å². The number of aryl methyl sites for hydroxylation is 1. The minimum absolute atomic E-state index is 0.0211. The Labute approximate surface area is 135 Å². The Morgan fingerprint density at radius 3 is 2.82 bits per heavy atom. The molecule has 0 N–H and O–H groups in total. The summed E-state index contributed by atoms with van der Waals surface area (Å²) in [5, 5.41) is 17.1. The summed E-state index contributed by atoms with van der Waals surface area (Å²) in [6, 6.07) is 2.36. The maximum absolute atomic E-state index is 9.18. The molecule has 0 fully saturated rings. The molecule has 5 heteroatoms. The molecule has 22 heavy (non-hydrogen) atoms. The average molecular weight is 314 g/mol. The summed E-state index contributed by atoms with van der Waals surface area (Å²) in [5.41, 5.74) is 4.73. The molecule has 2 heterocycles. The van der Waals surface area contributed by atoms with Crippen LogP contribution in [-0.2, 0) is 11.8 Å². The largest absolute Gasteiger partial charge is 0.224 e. The van der Waals surface area contributed by atoms with Gasteiger partial charge in [-0.25, -0.2) is 9.67 Å². The van der Waals surface area contributed by atoms with Crippen LogP contribution in [0.15, 0.2) is 5.38 Å². The van der Waals surface area contributed by atoms with E-state index >= 15 is 0 Å². The van der Waals surface area contributed by atoms with Gasteiger partial charge < -0.3 is 0 Å². The Morgan fingerprint density at radius 2 is 2.23 bits per heavy atom. The lowest BCUT2D eigenvalue weighted by Crippen LogP contribution is -2.18. The monoisotopic (exact) mass is 314 g/mol. The van der Waals surface area contributed by atoms with E-state index in [-0.39, 0.29) is 5.41 Å². The molecule has 1 aliphatic rings. The second kappa shape index (κ2) is 5.51. The van der Waals surface area contributed by atoms with Gasteiger partial charge in [-0.3, -0.25) is 0 Å². The van der Waals surface area contributed by atoms with Gasteiger partial charge in [0.05, 0.1) is 23.2 Å². The summed E-state index contributed by atoms with van der Waals surface area (Å²) in [6.45, 7) is 8.61. The van der Waals surface area contributed by atoms with Crippen molar-refractivity contribution < 1.29 is 0 Å². The third-order valence-corrected chi connectivity index (χ3v) is 5.17. The van der Waals surface area contributed by atoms with Crippen LogP contribution in [0.2, 0.25) is 0 Å². The molecule has 0 bridgehead atoms. The molecule has 3 rings (SSSR count). The van der Waals surface area contributed by atoms with E-state index in [4.69, 9.17) is 5.10 Å². The molecule has 0 aliphatic heterocycles. The second-order valence-electron chi connectivity index (χ2n) is 7.09. The fourth-order valence-corrected chi connectivity index (χ4v) is 4.04. The van der Waals surface area contributed by atoms with Crippen LogP contribution < -0.4 is 0 Å². The minimum atomic E-state index is -0.0211. The van der Waals surface area contributed by atoms with Crippen LogP contribution in [0.1, 0.15) is 68.6 Å². The van der Waals surface area contributed by atoms with Crippen LogP contribution >= 0.6 is 11.3 Å². The lowest BCUT2D eigenvalue weighted by atomic mass is 9.78. The molecule has 116 valence electrons. The number of hydrogen-bond acceptors (Lipinski definition) is 4. The molecule has 2 aromatic rings. The van der Waals surface area contributed by atoms with Gasteiger partial charge in [0.25, 0.3) is 0 Å². The lowest BCUT2D eigenvalue weighted by molar-refractivity contribution is 0.520. The lowest BCUT2D eigenvalue weighted by Gasteiger charge is -2.25. The van der Waals surface area contributed by atoms with Crippen molar-refractivity contribution in [2.24, 2.45) is 0 Å². The third-order valence-electron chi connectivity index (χ3n) is 4.23. The number of rotatable bonds is 2. The summed E-state index contributed by atoms with van der Waals surface area (Å²) in [5.74, 6) is 0.317. The van der Waals surface area contributed by atoms with E-state index < -0.39 is 0 Å². The van der Waals surface area contributed by atoms with Crippen molar-refractivity contribution >= 4 is 11.3 Å². The zero-order valence-corrected chi connectivity index (χ0v) is 14.5. The Bertz CT molecular complexity index is 727. The number of aromatic nitrogens is 3. The maximum atomic E-state index is 9.18. The van der Waals surface area contributed by atoms with E-state index in [1.807, 2.05) is 11.6 Å². The Morgan fingerprint density at radius 1 is 1.45 bits per heavy atom. The van der Waals surface area contributed by atoms with Gasteiger partial charge in [0, 0.05) is 28.7 Å². The summed E-state index contributed by atoms with van der Waals surface area (Å²) >= 11 is 1.64. The molecule has 1 unspecified atom stereocenters. The number of nitrogens with zero attached hydrogens (tertiary/aromatic N) is 4. The maximum Gasteiger partial charge on any atom is 0.210 e. The van der Waals surface area contributed by atoms with Gasteiger partial charge in [-0.15, -0.1) is 11.3 Å². The molecule has 2 aromatic heterocycles. The SMILES string of the molecule is Cc1csc(-n2nc(C(C)(C)C)c3c2CCCC3CC#N)n1. The molecule has 0 spiro atoms. The fraction of sp³-hybridized carbons (Fsp3) is 0.588. The highest BCUT2D eigenvalue weighted by Gasteiger charge is 2.34. The van der Waals surface area contributed by atoms with E-state index in [1.54, 1.807) is 11.3 Å². The summed E-state index contributed by atoms with van der Waals surface area (Å²) < 4.78 is 2.04. The molecule has 4 nitrogen and oxygen atoms in total. The zero-order valence-electron chi connectivity index (χ0n) is 13.7. The Kier molecular flexibility index (Phi) is 3.82. The summed E-state index contributed by atoms with van der Waals surface area (Å²) in [6.07, 6.45) is 3.82. The topological polar surface area (TPSA) is 54.5 Å². The van der Waals surface area contributed by atoms with Crippen LogP contribution in [0.3, 0.4) is 0 Å². The molecule has 0 amide bonds. The van der Waals surface area contributed by atoms with Crippen molar-refractivity contribution in [3.05, 3.63) is 28.0 Å². The van der Waals surface area contributed by atoms with Gasteiger partial charge in [0.15, 0.2) is 0 Å². The van der Waals surface area contributed by atoms with Gasteiger partial charge in [-0.05, 0) is 26.2 Å². The summed E-state index contributed by atoms with van der Waals surface area (Å²) in [4.78, 5) is 4.61. The van der Waals surface area contributed by atoms with Crippen molar-refractivity contribution in [2.45, 2.75) is 64.7 Å². The van der Waals surface area contributed by atoms with Crippen LogP contribution in [0.25, 0.3) is 5.13 Å². The minimum Gasteiger partial charge on any atom is -0.224 e. The Balaban J connectivity index is 2.20. The van der Waals surface area contributed by atoms with Gasteiger partial charge in [-0.2, -0.15) is 10.4 Å². The first-order chi connectivity index (χ1) is 10.4. The van der Waals surface area contributed by atoms with Gasteiger partial charge >= 0.3 is 0 Å². The zero-order chi connectivity index (χ0) is 15.9. The normalized spacial score (nSPS) is 18.0. The third kappa shape index (κ3) is 2.56. The molecule has 0 radical (unpaired) electrons. The van der Waals surface area contributed by atoms with E-state index in [0.717, 1.165) is 35.8 Å². The van der Waals surface area contributed by atoms with E-state index in [2.05, 4.69) is 37.2 Å².